The molecular formula is C26H31N3O4. The normalized spacial score (nSPS) is 19.0. The number of hydrogen-bond acceptors (Lipinski definition) is 4. The van der Waals surface area contributed by atoms with Crippen molar-refractivity contribution in [3.8, 4) is 5.75 Å². The fraction of sp³-hybridized carbons (Fsp3) is 0.423. The van der Waals surface area contributed by atoms with E-state index in [2.05, 4.69) is 5.32 Å². The molecule has 7 heteroatoms. The highest BCUT2D eigenvalue weighted by Gasteiger charge is 2.38. The van der Waals surface area contributed by atoms with E-state index in [0.29, 0.717) is 39.1 Å². The third kappa shape index (κ3) is 5.35. The summed E-state index contributed by atoms with van der Waals surface area (Å²) in [6.45, 7) is 6.02. The summed E-state index contributed by atoms with van der Waals surface area (Å²) in [6, 6.07) is 15.1. The van der Waals surface area contributed by atoms with Crippen LogP contribution < -0.4 is 15.0 Å². The molecule has 2 aliphatic heterocycles. The van der Waals surface area contributed by atoms with Crippen molar-refractivity contribution in [2.24, 2.45) is 11.8 Å². The summed E-state index contributed by atoms with van der Waals surface area (Å²) in [7, 11) is 0. The van der Waals surface area contributed by atoms with Gasteiger partial charge in [-0.05, 0) is 63.1 Å². The number of carbonyl (C=O) groups is 3. The molecule has 0 bridgehead atoms. The summed E-state index contributed by atoms with van der Waals surface area (Å²) in [5.74, 6) is 0.301. The summed E-state index contributed by atoms with van der Waals surface area (Å²) in [4.78, 5) is 41.8. The molecule has 2 saturated heterocycles. The van der Waals surface area contributed by atoms with E-state index in [-0.39, 0.29) is 36.0 Å². The van der Waals surface area contributed by atoms with Crippen LogP contribution in [0.4, 0.5) is 11.4 Å². The number of benzene rings is 2. The highest BCUT2D eigenvalue weighted by atomic mass is 16.5. The van der Waals surface area contributed by atoms with Crippen molar-refractivity contribution in [3.05, 3.63) is 54.1 Å². The molecular weight excluding hydrogens is 418 g/mol. The van der Waals surface area contributed by atoms with Gasteiger partial charge in [-0.2, -0.15) is 0 Å². The van der Waals surface area contributed by atoms with Crippen LogP contribution >= 0.6 is 0 Å². The van der Waals surface area contributed by atoms with Gasteiger partial charge in [0.25, 0.3) is 0 Å². The van der Waals surface area contributed by atoms with Crippen molar-refractivity contribution >= 4 is 29.1 Å². The van der Waals surface area contributed by atoms with Crippen LogP contribution in [0.5, 0.6) is 5.75 Å². The van der Waals surface area contributed by atoms with Gasteiger partial charge in [-0.3, -0.25) is 14.4 Å². The third-order valence-electron chi connectivity index (χ3n) is 6.43. The Kier molecular flexibility index (Phi) is 6.96. The summed E-state index contributed by atoms with van der Waals surface area (Å²) >= 11 is 0. The fourth-order valence-electron chi connectivity index (χ4n) is 4.51. The number of rotatable bonds is 6. The maximum atomic E-state index is 13.1. The number of amides is 3. The summed E-state index contributed by atoms with van der Waals surface area (Å²) < 4.78 is 5.43. The van der Waals surface area contributed by atoms with Gasteiger partial charge < -0.3 is 19.9 Å². The second kappa shape index (κ2) is 10.1. The zero-order chi connectivity index (χ0) is 23.4. The number of aryl methyl sites for hydroxylation is 1. The molecule has 0 radical (unpaired) electrons. The van der Waals surface area contributed by atoms with Gasteiger partial charge in [0.2, 0.25) is 17.7 Å². The molecule has 7 nitrogen and oxygen atoms in total. The van der Waals surface area contributed by atoms with E-state index in [1.807, 2.05) is 67.3 Å². The summed E-state index contributed by atoms with van der Waals surface area (Å²) in [6.07, 6.45) is 1.48. The standard InChI is InChI=1S/C26H31N3O4/c1-3-33-23-10-6-21(7-11-23)27-25(31)19-12-14-28(15-13-19)26(32)20-16-24(30)29(17-20)22-8-4-18(2)5-9-22/h4-11,19-20H,3,12-17H2,1-2H3,(H,27,31)/t20-/m1/s1. The van der Waals surface area contributed by atoms with E-state index in [1.165, 1.54) is 0 Å². The zero-order valence-electron chi connectivity index (χ0n) is 19.3. The molecule has 0 saturated carbocycles. The molecule has 2 heterocycles. The first-order valence-electron chi connectivity index (χ1n) is 11.6. The van der Waals surface area contributed by atoms with E-state index in [1.54, 1.807) is 4.90 Å². The number of nitrogens with one attached hydrogen (secondary N) is 1. The van der Waals surface area contributed by atoms with Crippen LogP contribution in [0.2, 0.25) is 0 Å². The Morgan fingerprint density at radius 2 is 1.67 bits per heavy atom. The quantitative estimate of drug-likeness (QED) is 0.731. The Hall–Kier alpha value is -3.35. The highest BCUT2D eigenvalue weighted by Crippen LogP contribution is 2.28. The molecule has 2 fully saturated rings. The second-order valence-electron chi connectivity index (χ2n) is 8.79. The van der Waals surface area contributed by atoms with Crippen LogP contribution in [0.15, 0.2) is 48.5 Å². The molecule has 33 heavy (non-hydrogen) atoms. The van der Waals surface area contributed by atoms with Crippen LogP contribution in [0.3, 0.4) is 0 Å². The lowest BCUT2D eigenvalue weighted by atomic mass is 9.94. The van der Waals surface area contributed by atoms with Crippen LogP contribution in [-0.2, 0) is 14.4 Å². The molecule has 2 aliphatic rings. The SMILES string of the molecule is CCOc1ccc(NC(=O)C2CCN(C(=O)[C@@H]3CC(=O)N(c4ccc(C)cc4)C3)CC2)cc1. The molecule has 2 aromatic carbocycles. The molecule has 1 atom stereocenters. The number of hydrogen-bond donors (Lipinski definition) is 1. The van der Waals surface area contributed by atoms with Gasteiger partial charge in [0.15, 0.2) is 0 Å². The van der Waals surface area contributed by atoms with E-state index in [9.17, 15) is 14.4 Å². The molecule has 3 amide bonds. The maximum Gasteiger partial charge on any atom is 0.228 e. The number of nitrogens with zero attached hydrogens (tertiary/aromatic N) is 2. The maximum absolute atomic E-state index is 13.1. The summed E-state index contributed by atoms with van der Waals surface area (Å²) in [5.41, 5.74) is 2.71. The third-order valence-corrected chi connectivity index (χ3v) is 6.43. The Morgan fingerprint density at radius 3 is 2.30 bits per heavy atom. The van der Waals surface area contributed by atoms with Gasteiger partial charge in [0.05, 0.1) is 12.5 Å². The number of carbonyl (C=O) groups excluding carboxylic acids is 3. The molecule has 4 rings (SSSR count). The van der Waals surface area contributed by atoms with Gasteiger partial charge in [-0.15, -0.1) is 0 Å². The second-order valence-corrected chi connectivity index (χ2v) is 8.79. The van der Waals surface area contributed by atoms with Crippen LogP contribution in [0, 0.1) is 18.8 Å². The van der Waals surface area contributed by atoms with Crippen LogP contribution in [-0.4, -0.2) is 48.9 Å². The number of ether oxygens (including phenoxy) is 1. The first kappa shape index (κ1) is 22.8. The van der Waals surface area contributed by atoms with Crippen molar-refractivity contribution in [2.75, 3.05) is 36.5 Å². The highest BCUT2D eigenvalue weighted by molar-refractivity contribution is 6.00. The lowest BCUT2D eigenvalue weighted by Crippen LogP contribution is -2.44. The minimum absolute atomic E-state index is 0.0122. The zero-order valence-corrected chi connectivity index (χ0v) is 19.3. The fourth-order valence-corrected chi connectivity index (χ4v) is 4.51. The summed E-state index contributed by atoms with van der Waals surface area (Å²) in [5, 5.41) is 2.96. The van der Waals surface area contributed by atoms with Crippen molar-refractivity contribution in [1.82, 2.24) is 4.90 Å². The molecule has 0 aromatic heterocycles. The molecule has 2 aromatic rings. The Morgan fingerprint density at radius 1 is 1.00 bits per heavy atom. The Labute approximate surface area is 194 Å². The monoisotopic (exact) mass is 449 g/mol. The van der Waals surface area contributed by atoms with E-state index in [4.69, 9.17) is 4.74 Å². The minimum atomic E-state index is -0.326. The lowest BCUT2D eigenvalue weighted by Gasteiger charge is -2.33. The molecule has 1 N–H and O–H groups in total. The number of likely N-dealkylation sites (tertiary alicyclic amines) is 1. The van der Waals surface area contributed by atoms with E-state index < -0.39 is 0 Å². The lowest BCUT2D eigenvalue weighted by molar-refractivity contribution is -0.138. The van der Waals surface area contributed by atoms with Gasteiger partial charge in [-0.1, -0.05) is 17.7 Å². The van der Waals surface area contributed by atoms with E-state index in [0.717, 1.165) is 22.7 Å². The Balaban J connectivity index is 1.27. The average molecular weight is 450 g/mol. The topological polar surface area (TPSA) is 79.0 Å². The number of anilines is 2. The molecule has 0 aliphatic carbocycles. The predicted octanol–water partition coefficient (Wildman–Crippen LogP) is 3.62. The molecule has 0 unspecified atom stereocenters. The van der Waals surface area contributed by atoms with E-state index >= 15 is 0 Å². The van der Waals surface area contributed by atoms with Crippen molar-refractivity contribution < 1.29 is 19.1 Å². The minimum Gasteiger partial charge on any atom is -0.494 e. The predicted molar refractivity (Wildman–Crippen MR) is 127 cm³/mol. The van der Waals surface area contributed by atoms with Crippen LogP contribution in [0.1, 0.15) is 31.7 Å². The first-order chi connectivity index (χ1) is 15.9. The van der Waals surface area contributed by atoms with Crippen molar-refractivity contribution in [1.29, 1.82) is 0 Å². The van der Waals surface area contributed by atoms with Gasteiger partial charge in [0.1, 0.15) is 5.75 Å². The Bertz CT molecular complexity index is 995. The van der Waals surface area contributed by atoms with Gasteiger partial charge in [0, 0.05) is 43.3 Å². The van der Waals surface area contributed by atoms with Crippen LogP contribution in [0.25, 0.3) is 0 Å². The largest absolute Gasteiger partial charge is 0.494 e. The van der Waals surface area contributed by atoms with Gasteiger partial charge in [-0.25, -0.2) is 0 Å². The van der Waals surface area contributed by atoms with Gasteiger partial charge >= 0.3 is 0 Å². The smallest absolute Gasteiger partial charge is 0.228 e. The molecule has 174 valence electrons. The van der Waals surface area contributed by atoms with Crippen molar-refractivity contribution in [3.63, 3.8) is 0 Å². The number of piperidine rings is 1. The first-order valence-corrected chi connectivity index (χ1v) is 11.6. The van der Waals surface area contributed by atoms with Crippen molar-refractivity contribution in [2.45, 2.75) is 33.1 Å². The molecule has 0 spiro atoms. The average Bonchev–Trinajstić information content (AvgIpc) is 3.22.